The van der Waals surface area contributed by atoms with Gasteiger partial charge in [0.2, 0.25) is 0 Å². The Morgan fingerprint density at radius 1 is 1.23 bits per heavy atom. The van der Waals surface area contributed by atoms with Crippen LogP contribution in [0.4, 0.5) is 11.4 Å². The first-order valence-corrected chi connectivity index (χ1v) is 7.37. The molecule has 2 rings (SSSR count). The molecule has 116 valence electrons. The highest BCUT2D eigenvalue weighted by Crippen LogP contribution is 2.16. The van der Waals surface area contributed by atoms with Crippen LogP contribution in [0.5, 0.6) is 0 Å². The maximum atomic E-state index is 5.95. The minimum Gasteiger partial charge on any atom is -0.376 e. The molecule has 0 aliphatic rings. The second kappa shape index (κ2) is 7.45. The van der Waals surface area contributed by atoms with Gasteiger partial charge in [-0.1, -0.05) is 19.1 Å². The van der Waals surface area contributed by atoms with Crippen molar-refractivity contribution >= 4 is 17.3 Å². The number of anilines is 2. The number of nitrogens with one attached hydrogen (secondary N) is 1. The fraction of sp³-hybridized carbons (Fsp3) is 0.294. The third-order valence-corrected chi connectivity index (χ3v) is 3.38. The van der Waals surface area contributed by atoms with Crippen LogP contribution in [0.3, 0.4) is 0 Å². The van der Waals surface area contributed by atoms with E-state index < -0.39 is 0 Å². The van der Waals surface area contributed by atoms with Crippen LogP contribution >= 0.6 is 0 Å². The Hall–Kier alpha value is -2.56. The number of nitrogens with zero attached hydrogens (tertiary/aromatic N) is 3. The van der Waals surface area contributed by atoms with E-state index in [0.29, 0.717) is 12.5 Å². The Kier molecular flexibility index (Phi) is 5.36. The zero-order valence-electron chi connectivity index (χ0n) is 13.4. The van der Waals surface area contributed by atoms with E-state index in [1.165, 1.54) is 5.56 Å². The van der Waals surface area contributed by atoms with E-state index in [-0.39, 0.29) is 0 Å². The first-order valence-electron chi connectivity index (χ1n) is 7.37. The molecule has 5 nitrogen and oxygen atoms in total. The van der Waals surface area contributed by atoms with Crippen molar-refractivity contribution in [2.45, 2.75) is 19.9 Å². The van der Waals surface area contributed by atoms with Gasteiger partial charge in [-0.2, -0.15) is 0 Å². The summed E-state index contributed by atoms with van der Waals surface area (Å²) in [5.74, 6) is 0.389. The van der Waals surface area contributed by atoms with Crippen molar-refractivity contribution < 1.29 is 0 Å². The summed E-state index contributed by atoms with van der Waals surface area (Å²) in [6.45, 7) is 2.58. The lowest BCUT2D eigenvalue weighted by Crippen LogP contribution is -2.23. The molecule has 22 heavy (non-hydrogen) atoms. The van der Waals surface area contributed by atoms with Crippen molar-refractivity contribution in [1.82, 2.24) is 4.98 Å². The number of aryl methyl sites for hydroxylation is 1. The maximum absolute atomic E-state index is 5.95. The third-order valence-electron chi connectivity index (χ3n) is 3.38. The predicted octanol–water partition coefficient (Wildman–Crippen LogP) is 2.64. The van der Waals surface area contributed by atoms with Gasteiger partial charge in [0.1, 0.15) is 0 Å². The molecule has 1 aromatic carbocycles. The molecule has 0 atom stereocenters. The summed E-state index contributed by atoms with van der Waals surface area (Å²) in [5, 5.41) is 3.10. The summed E-state index contributed by atoms with van der Waals surface area (Å²) >= 11 is 0. The quantitative estimate of drug-likeness (QED) is 0.657. The Morgan fingerprint density at radius 3 is 2.59 bits per heavy atom. The molecule has 0 saturated heterocycles. The number of pyridine rings is 1. The van der Waals surface area contributed by atoms with Crippen molar-refractivity contribution in [3.8, 4) is 0 Å². The van der Waals surface area contributed by atoms with Crippen molar-refractivity contribution in [3.05, 3.63) is 53.9 Å². The molecular formula is C17H23N5. The van der Waals surface area contributed by atoms with E-state index in [1.54, 1.807) is 6.20 Å². The molecule has 0 fully saturated rings. The summed E-state index contributed by atoms with van der Waals surface area (Å²) < 4.78 is 0. The first-order chi connectivity index (χ1) is 10.6. The monoisotopic (exact) mass is 297 g/mol. The van der Waals surface area contributed by atoms with E-state index in [1.807, 2.05) is 43.3 Å². The second-order valence-electron chi connectivity index (χ2n) is 5.24. The lowest BCUT2D eigenvalue weighted by molar-refractivity contribution is 0.958. The molecule has 0 amide bonds. The largest absolute Gasteiger partial charge is 0.376 e. The number of nitrogens with two attached hydrogens (primary N) is 1. The SMILES string of the molecule is CCc1ccc(NC(N)=NCc2ncccc2N(C)C)cc1. The summed E-state index contributed by atoms with van der Waals surface area (Å²) in [7, 11) is 3.97. The van der Waals surface area contributed by atoms with Gasteiger partial charge in [0, 0.05) is 26.0 Å². The van der Waals surface area contributed by atoms with Crippen LogP contribution < -0.4 is 16.0 Å². The predicted molar refractivity (Wildman–Crippen MR) is 93.3 cm³/mol. The van der Waals surface area contributed by atoms with E-state index >= 15 is 0 Å². The maximum Gasteiger partial charge on any atom is 0.193 e. The molecule has 0 radical (unpaired) electrons. The van der Waals surface area contributed by atoms with Crippen LogP contribution in [-0.4, -0.2) is 25.0 Å². The smallest absolute Gasteiger partial charge is 0.193 e. The highest BCUT2D eigenvalue weighted by atomic mass is 15.1. The molecule has 2 aromatic rings. The standard InChI is InChI=1S/C17H23N5/c1-4-13-7-9-14(10-8-13)21-17(18)20-12-15-16(22(2)3)6-5-11-19-15/h5-11H,4,12H2,1-3H3,(H3,18,20,21). The molecule has 0 aliphatic carbocycles. The Balaban J connectivity index is 2.03. The van der Waals surface area contributed by atoms with Gasteiger partial charge in [-0.3, -0.25) is 4.98 Å². The van der Waals surface area contributed by atoms with Gasteiger partial charge in [-0.15, -0.1) is 0 Å². The Morgan fingerprint density at radius 2 is 1.95 bits per heavy atom. The lowest BCUT2D eigenvalue weighted by atomic mass is 10.1. The van der Waals surface area contributed by atoms with Crippen molar-refractivity contribution in [2.24, 2.45) is 10.7 Å². The highest BCUT2D eigenvalue weighted by Gasteiger charge is 2.04. The van der Waals surface area contributed by atoms with Crippen molar-refractivity contribution in [1.29, 1.82) is 0 Å². The Labute approximate surface area is 131 Å². The van der Waals surface area contributed by atoms with Gasteiger partial charge >= 0.3 is 0 Å². The number of rotatable bonds is 5. The molecule has 0 bridgehead atoms. The lowest BCUT2D eigenvalue weighted by Gasteiger charge is -2.15. The Bertz CT molecular complexity index is 632. The van der Waals surface area contributed by atoms with Gasteiger partial charge in [0.15, 0.2) is 5.96 Å². The number of hydrogen-bond donors (Lipinski definition) is 2. The van der Waals surface area contributed by atoms with Crippen molar-refractivity contribution in [2.75, 3.05) is 24.3 Å². The van der Waals surface area contributed by atoms with Gasteiger partial charge < -0.3 is 16.0 Å². The van der Waals surface area contributed by atoms with E-state index in [2.05, 4.69) is 34.3 Å². The third kappa shape index (κ3) is 4.22. The molecule has 0 saturated carbocycles. The zero-order valence-corrected chi connectivity index (χ0v) is 13.4. The number of hydrogen-bond acceptors (Lipinski definition) is 3. The molecular weight excluding hydrogens is 274 g/mol. The summed E-state index contributed by atoms with van der Waals surface area (Å²) in [6.07, 6.45) is 2.79. The normalized spacial score (nSPS) is 11.3. The van der Waals surface area contributed by atoms with E-state index in [0.717, 1.165) is 23.5 Å². The van der Waals surface area contributed by atoms with E-state index in [4.69, 9.17) is 5.73 Å². The summed E-state index contributed by atoms with van der Waals surface area (Å²) in [5.41, 5.74) is 10.1. The van der Waals surface area contributed by atoms with Gasteiger partial charge in [0.05, 0.1) is 17.9 Å². The highest BCUT2D eigenvalue weighted by molar-refractivity contribution is 5.92. The number of aromatic nitrogens is 1. The number of guanidine groups is 1. The van der Waals surface area contributed by atoms with Gasteiger partial charge in [-0.05, 0) is 36.2 Å². The molecule has 0 unspecified atom stereocenters. The fourth-order valence-electron chi connectivity index (χ4n) is 2.13. The van der Waals surface area contributed by atoms with Crippen LogP contribution in [0.2, 0.25) is 0 Å². The average Bonchev–Trinajstić information content (AvgIpc) is 2.54. The molecule has 0 aliphatic heterocycles. The zero-order chi connectivity index (χ0) is 15.9. The van der Waals surface area contributed by atoms with E-state index in [9.17, 15) is 0 Å². The number of benzene rings is 1. The molecule has 1 heterocycles. The minimum absolute atomic E-state index is 0.389. The molecule has 5 heteroatoms. The van der Waals surface area contributed by atoms with Crippen molar-refractivity contribution in [3.63, 3.8) is 0 Å². The van der Waals surface area contributed by atoms with Crippen LogP contribution in [-0.2, 0) is 13.0 Å². The van der Waals surface area contributed by atoms with Crippen LogP contribution in [0.25, 0.3) is 0 Å². The van der Waals surface area contributed by atoms with Crippen LogP contribution in [0.1, 0.15) is 18.2 Å². The summed E-state index contributed by atoms with van der Waals surface area (Å²) in [6, 6.07) is 12.1. The molecule has 0 spiro atoms. The van der Waals surface area contributed by atoms with Crippen LogP contribution in [0, 0.1) is 0 Å². The van der Waals surface area contributed by atoms with Gasteiger partial charge in [-0.25, -0.2) is 4.99 Å². The average molecular weight is 297 g/mol. The number of aliphatic imine (C=N–C) groups is 1. The second-order valence-corrected chi connectivity index (χ2v) is 5.24. The topological polar surface area (TPSA) is 66.5 Å². The fourth-order valence-corrected chi connectivity index (χ4v) is 2.13. The van der Waals surface area contributed by atoms with Gasteiger partial charge in [0.25, 0.3) is 0 Å². The molecule has 1 aromatic heterocycles. The molecule has 3 N–H and O–H groups in total. The minimum atomic E-state index is 0.389. The first kappa shape index (κ1) is 15.8. The van der Waals surface area contributed by atoms with Crippen LogP contribution in [0.15, 0.2) is 47.6 Å². The summed E-state index contributed by atoms with van der Waals surface area (Å²) in [4.78, 5) is 10.8.